The summed E-state index contributed by atoms with van der Waals surface area (Å²) in [6, 6.07) is 0. The van der Waals surface area contributed by atoms with Crippen molar-refractivity contribution in [3.05, 3.63) is 0 Å². The standard InChI is InChI=1S/C4H8O3.C3H6O3/c1-4(5)7-3-6-2;1-5-3-6-2-4/h3H2,1-2H3;2H,3H2,1H3. The molecule has 0 fully saturated rings. The lowest BCUT2D eigenvalue weighted by atomic mass is 10.8. The van der Waals surface area contributed by atoms with Gasteiger partial charge in [-0.15, -0.1) is 0 Å². The molecule has 0 aromatic rings. The number of rotatable bonds is 5. The lowest BCUT2D eigenvalue weighted by molar-refractivity contribution is -0.151. The molecule has 78 valence electrons. The molecule has 0 N–H and O–H groups in total. The van der Waals surface area contributed by atoms with Crippen LogP contribution in [-0.2, 0) is 28.5 Å². The first-order valence-corrected chi connectivity index (χ1v) is 3.35. The predicted octanol–water partition coefficient (Wildman–Crippen LogP) is -0.0833. The number of hydrogen-bond acceptors (Lipinski definition) is 6. The van der Waals surface area contributed by atoms with Gasteiger partial charge in [-0.2, -0.15) is 0 Å². The van der Waals surface area contributed by atoms with Crippen LogP contribution >= 0.6 is 0 Å². The first-order valence-electron chi connectivity index (χ1n) is 3.35. The van der Waals surface area contributed by atoms with Gasteiger partial charge in [0.2, 0.25) is 0 Å². The van der Waals surface area contributed by atoms with Crippen molar-refractivity contribution in [1.82, 2.24) is 0 Å². The van der Waals surface area contributed by atoms with Gasteiger partial charge < -0.3 is 18.9 Å². The van der Waals surface area contributed by atoms with Crippen molar-refractivity contribution in [2.24, 2.45) is 0 Å². The number of hydrogen-bond donors (Lipinski definition) is 0. The summed E-state index contributed by atoms with van der Waals surface area (Å²) in [6.07, 6.45) is 0. The third-order valence-electron chi connectivity index (χ3n) is 0.634. The second kappa shape index (κ2) is 13.4. The minimum absolute atomic E-state index is 0.0451. The summed E-state index contributed by atoms with van der Waals surface area (Å²) < 4.78 is 17.1. The molecular weight excluding hydrogens is 180 g/mol. The Hall–Kier alpha value is -1.14. The van der Waals surface area contributed by atoms with Crippen LogP contribution in [0.2, 0.25) is 0 Å². The highest BCUT2D eigenvalue weighted by molar-refractivity contribution is 5.65. The van der Waals surface area contributed by atoms with Crippen molar-refractivity contribution in [3.8, 4) is 0 Å². The Balaban J connectivity index is 0. The summed E-state index contributed by atoms with van der Waals surface area (Å²) >= 11 is 0. The molecule has 0 rings (SSSR count). The molecule has 0 saturated heterocycles. The number of esters is 1. The Kier molecular flexibility index (Phi) is 14.9. The Morgan fingerprint density at radius 3 is 1.92 bits per heavy atom. The van der Waals surface area contributed by atoms with Crippen LogP contribution in [0.4, 0.5) is 0 Å². The van der Waals surface area contributed by atoms with E-state index in [1.807, 2.05) is 0 Å². The molecule has 0 atom stereocenters. The van der Waals surface area contributed by atoms with E-state index in [-0.39, 0.29) is 19.6 Å². The molecule has 0 heterocycles. The monoisotopic (exact) mass is 194 g/mol. The van der Waals surface area contributed by atoms with E-state index in [0.717, 1.165) is 0 Å². The molecule has 6 nitrogen and oxygen atoms in total. The molecule has 0 radical (unpaired) electrons. The second-order valence-electron chi connectivity index (χ2n) is 1.71. The zero-order chi connectivity index (χ0) is 10.5. The zero-order valence-corrected chi connectivity index (χ0v) is 7.94. The van der Waals surface area contributed by atoms with Crippen LogP contribution in [0.25, 0.3) is 0 Å². The van der Waals surface area contributed by atoms with E-state index < -0.39 is 0 Å². The topological polar surface area (TPSA) is 71.1 Å². The summed E-state index contributed by atoms with van der Waals surface area (Å²) in [5.74, 6) is -0.318. The van der Waals surface area contributed by atoms with E-state index in [1.165, 1.54) is 21.1 Å². The van der Waals surface area contributed by atoms with Gasteiger partial charge in [0.05, 0.1) is 0 Å². The Morgan fingerprint density at radius 1 is 1.23 bits per heavy atom. The summed E-state index contributed by atoms with van der Waals surface area (Å²) in [5, 5.41) is 0. The average Bonchev–Trinajstić information content (AvgIpc) is 2.12. The van der Waals surface area contributed by atoms with Crippen LogP contribution in [0.3, 0.4) is 0 Å². The fourth-order valence-electron chi connectivity index (χ4n) is 0.238. The normalized spacial score (nSPS) is 7.92. The fourth-order valence-corrected chi connectivity index (χ4v) is 0.238. The van der Waals surface area contributed by atoms with E-state index in [0.29, 0.717) is 6.47 Å². The third kappa shape index (κ3) is 24.8. The highest BCUT2D eigenvalue weighted by atomic mass is 16.7. The number of carbonyl (C=O) groups excluding carboxylic acids is 2. The molecule has 0 unspecified atom stereocenters. The van der Waals surface area contributed by atoms with Gasteiger partial charge in [-0.1, -0.05) is 0 Å². The maximum absolute atomic E-state index is 9.90. The minimum Gasteiger partial charge on any atom is -0.441 e. The van der Waals surface area contributed by atoms with Crippen molar-refractivity contribution in [2.75, 3.05) is 27.8 Å². The molecule has 0 aliphatic carbocycles. The van der Waals surface area contributed by atoms with E-state index in [2.05, 4.69) is 18.9 Å². The number of carbonyl (C=O) groups is 2. The summed E-state index contributed by atoms with van der Waals surface area (Å²) in [7, 11) is 2.91. The fraction of sp³-hybridized carbons (Fsp3) is 0.714. The summed E-state index contributed by atoms with van der Waals surface area (Å²) in [4.78, 5) is 19.2. The van der Waals surface area contributed by atoms with Crippen LogP contribution < -0.4 is 0 Å². The zero-order valence-electron chi connectivity index (χ0n) is 7.94. The van der Waals surface area contributed by atoms with Gasteiger partial charge in [-0.05, 0) is 0 Å². The van der Waals surface area contributed by atoms with E-state index >= 15 is 0 Å². The van der Waals surface area contributed by atoms with Crippen molar-refractivity contribution in [2.45, 2.75) is 6.92 Å². The molecular formula is C7H14O6. The molecule has 0 amide bonds. The predicted molar refractivity (Wildman–Crippen MR) is 42.7 cm³/mol. The van der Waals surface area contributed by atoms with Crippen molar-refractivity contribution >= 4 is 12.4 Å². The Bertz CT molecular complexity index is 124. The van der Waals surface area contributed by atoms with Crippen LogP contribution in [0.15, 0.2) is 0 Å². The van der Waals surface area contributed by atoms with Crippen LogP contribution in [-0.4, -0.2) is 40.2 Å². The SMILES string of the molecule is COCOC(C)=O.COCOC=O. The second-order valence-corrected chi connectivity index (χ2v) is 1.71. The molecule has 0 aliphatic heterocycles. The summed E-state index contributed by atoms with van der Waals surface area (Å²) in [5.41, 5.74) is 0. The molecule has 0 aliphatic rings. The molecule has 0 spiro atoms. The quantitative estimate of drug-likeness (QED) is 0.264. The summed E-state index contributed by atoms with van der Waals surface area (Å²) in [6.45, 7) is 1.77. The lowest BCUT2D eigenvalue weighted by Gasteiger charge is -1.95. The van der Waals surface area contributed by atoms with Crippen molar-refractivity contribution in [1.29, 1.82) is 0 Å². The van der Waals surface area contributed by atoms with Gasteiger partial charge >= 0.3 is 5.97 Å². The molecule has 0 bridgehead atoms. The Labute approximate surface area is 76.7 Å². The maximum atomic E-state index is 9.90. The highest BCUT2D eigenvalue weighted by Gasteiger charge is 1.85. The smallest absolute Gasteiger partial charge is 0.304 e. The number of methoxy groups -OCH3 is 2. The highest BCUT2D eigenvalue weighted by Crippen LogP contribution is 1.72. The molecule has 0 aromatic carbocycles. The van der Waals surface area contributed by atoms with Crippen molar-refractivity contribution < 1.29 is 28.5 Å². The van der Waals surface area contributed by atoms with Gasteiger partial charge in [-0.25, -0.2) is 0 Å². The van der Waals surface area contributed by atoms with Crippen molar-refractivity contribution in [3.63, 3.8) is 0 Å². The van der Waals surface area contributed by atoms with E-state index in [9.17, 15) is 9.59 Å². The Morgan fingerprint density at radius 2 is 1.77 bits per heavy atom. The molecule has 0 aromatic heterocycles. The van der Waals surface area contributed by atoms with Gasteiger partial charge in [0.25, 0.3) is 6.47 Å². The third-order valence-corrected chi connectivity index (χ3v) is 0.634. The molecule has 0 saturated carbocycles. The van der Waals surface area contributed by atoms with E-state index in [4.69, 9.17) is 0 Å². The van der Waals surface area contributed by atoms with Crippen LogP contribution in [0.1, 0.15) is 6.92 Å². The van der Waals surface area contributed by atoms with Gasteiger partial charge in [0, 0.05) is 21.1 Å². The first kappa shape index (κ1) is 14.4. The molecule has 6 heteroatoms. The van der Waals surface area contributed by atoms with Crippen LogP contribution in [0.5, 0.6) is 0 Å². The van der Waals surface area contributed by atoms with Gasteiger partial charge in [0.1, 0.15) is 0 Å². The molecule has 13 heavy (non-hydrogen) atoms. The lowest BCUT2D eigenvalue weighted by Crippen LogP contribution is -2.00. The van der Waals surface area contributed by atoms with Gasteiger partial charge in [-0.3, -0.25) is 9.59 Å². The van der Waals surface area contributed by atoms with Crippen LogP contribution in [0, 0.1) is 0 Å². The largest absolute Gasteiger partial charge is 0.441 e. The van der Waals surface area contributed by atoms with Gasteiger partial charge in [0.15, 0.2) is 13.6 Å². The van der Waals surface area contributed by atoms with E-state index in [1.54, 1.807) is 0 Å². The minimum atomic E-state index is -0.318. The first-order chi connectivity index (χ1) is 6.18. The average molecular weight is 194 g/mol. The number of ether oxygens (including phenoxy) is 4. The maximum Gasteiger partial charge on any atom is 0.304 e.